The van der Waals surface area contributed by atoms with Gasteiger partial charge in [0.15, 0.2) is 5.13 Å². The lowest BCUT2D eigenvalue weighted by Crippen LogP contribution is -2.48. The van der Waals surface area contributed by atoms with Gasteiger partial charge in [0, 0.05) is 43.6 Å². The van der Waals surface area contributed by atoms with Gasteiger partial charge in [-0.15, -0.1) is 34.3 Å². The minimum absolute atomic E-state index is 0.337. The lowest BCUT2D eigenvalue weighted by Gasteiger charge is -2.33. The third-order valence-corrected chi connectivity index (χ3v) is 7.81. The highest BCUT2D eigenvalue weighted by Gasteiger charge is 2.30. The molecule has 114 valence electrons. The number of thiophene rings is 1. The minimum Gasteiger partial charge on any atom is -0.345 e. The normalized spacial score (nSPS) is 17.3. The molecule has 9 heteroatoms. The number of sulfonamides is 1. The zero-order valence-electron chi connectivity index (χ0n) is 11.1. The van der Waals surface area contributed by atoms with E-state index in [1.54, 1.807) is 33.3 Å². The quantitative estimate of drug-likeness (QED) is 0.783. The number of rotatable bonds is 4. The molecule has 1 aliphatic rings. The van der Waals surface area contributed by atoms with E-state index in [-0.39, 0.29) is 0 Å². The van der Waals surface area contributed by atoms with Crippen LogP contribution < -0.4 is 4.90 Å². The van der Waals surface area contributed by atoms with E-state index in [1.807, 2.05) is 5.38 Å². The van der Waals surface area contributed by atoms with Crippen molar-refractivity contribution < 1.29 is 8.42 Å². The Bertz CT molecular complexity index is 691. The lowest BCUT2D eigenvalue weighted by molar-refractivity contribution is 0.385. The Hall–Kier alpha value is -0.670. The predicted octanol–water partition coefficient (Wildman–Crippen LogP) is 2.45. The Morgan fingerprint density at radius 2 is 2.00 bits per heavy atom. The molecule has 1 fully saturated rings. The maximum Gasteiger partial charge on any atom is 0.252 e. The van der Waals surface area contributed by atoms with Gasteiger partial charge in [0.1, 0.15) is 4.21 Å². The smallest absolute Gasteiger partial charge is 0.252 e. The van der Waals surface area contributed by atoms with E-state index in [0.29, 0.717) is 36.3 Å². The first-order valence-corrected chi connectivity index (χ1v) is 10.1. The van der Waals surface area contributed by atoms with Gasteiger partial charge in [-0.05, 0) is 17.0 Å². The Balaban J connectivity index is 1.71. The second-order valence-electron chi connectivity index (χ2n) is 4.61. The van der Waals surface area contributed by atoms with Crippen LogP contribution in [0.3, 0.4) is 0 Å². The van der Waals surface area contributed by atoms with Crippen molar-refractivity contribution in [2.75, 3.05) is 31.1 Å². The average molecular weight is 364 g/mol. The molecule has 0 spiro atoms. The summed E-state index contributed by atoms with van der Waals surface area (Å²) in [5.41, 5.74) is 0.849. The van der Waals surface area contributed by atoms with Crippen LogP contribution in [0.4, 0.5) is 5.13 Å². The summed E-state index contributed by atoms with van der Waals surface area (Å²) in [7, 11) is -3.39. The second-order valence-corrected chi connectivity index (χ2v) is 8.83. The molecule has 0 bridgehead atoms. The predicted molar refractivity (Wildman–Crippen MR) is 87.0 cm³/mol. The van der Waals surface area contributed by atoms with E-state index >= 15 is 0 Å². The summed E-state index contributed by atoms with van der Waals surface area (Å²) in [6.07, 6.45) is 1.77. The van der Waals surface area contributed by atoms with Crippen LogP contribution in [0.1, 0.15) is 5.56 Å². The van der Waals surface area contributed by atoms with E-state index in [2.05, 4.69) is 9.88 Å². The molecule has 2 aromatic heterocycles. The molecule has 0 aromatic carbocycles. The molecular formula is C12H14ClN3O2S3. The van der Waals surface area contributed by atoms with E-state index in [9.17, 15) is 8.42 Å². The van der Waals surface area contributed by atoms with Crippen LogP contribution in [-0.2, 0) is 15.9 Å². The highest BCUT2D eigenvalue weighted by Crippen LogP contribution is 2.27. The molecule has 0 unspecified atom stereocenters. The average Bonchev–Trinajstić information content (AvgIpc) is 3.19. The zero-order valence-corrected chi connectivity index (χ0v) is 14.3. The first-order valence-electron chi connectivity index (χ1n) is 6.39. The lowest BCUT2D eigenvalue weighted by atomic mass is 10.4. The van der Waals surface area contributed by atoms with E-state index in [0.717, 1.165) is 10.7 Å². The fourth-order valence-electron chi connectivity index (χ4n) is 2.18. The Kier molecular flexibility index (Phi) is 4.51. The SMILES string of the molecule is O=S(=O)(c1cc(CCl)cs1)N1CCN(c2nccs2)CC1. The number of anilines is 1. The molecule has 3 rings (SSSR count). The summed E-state index contributed by atoms with van der Waals surface area (Å²) in [6, 6.07) is 1.67. The van der Waals surface area contributed by atoms with Crippen molar-refractivity contribution in [3.05, 3.63) is 28.6 Å². The van der Waals surface area contributed by atoms with E-state index in [1.165, 1.54) is 11.3 Å². The molecule has 0 radical (unpaired) electrons. The van der Waals surface area contributed by atoms with E-state index in [4.69, 9.17) is 11.6 Å². The summed E-state index contributed by atoms with van der Waals surface area (Å²) in [4.78, 5) is 6.38. The molecule has 1 aliphatic heterocycles. The summed E-state index contributed by atoms with van der Waals surface area (Å²) in [5, 5.41) is 4.68. The van der Waals surface area contributed by atoms with Crippen molar-refractivity contribution in [3.63, 3.8) is 0 Å². The maximum absolute atomic E-state index is 12.6. The molecule has 1 saturated heterocycles. The van der Waals surface area contributed by atoms with Gasteiger partial charge >= 0.3 is 0 Å². The Morgan fingerprint density at radius 3 is 2.57 bits per heavy atom. The first-order chi connectivity index (χ1) is 10.1. The number of alkyl halides is 1. The van der Waals surface area contributed by atoms with Gasteiger partial charge in [-0.1, -0.05) is 0 Å². The number of nitrogens with zero attached hydrogens (tertiary/aromatic N) is 3. The topological polar surface area (TPSA) is 53.5 Å². The van der Waals surface area contributed by atoms with Crippen molar-refractivity contribution in [2.24, 2.45) is 0 Å². The molecule has 0 aliphatic carbocycles. The van der Waals surface area contributed by atoms with Crippen molar-refractivity contribution in [3.8, 4) is 0 Å². The van der Waals surface area contributed by atoms with Gasteiger partial charge < -0.3 is 4.90 Å². The summed E-state index contributed by atoms with van der Waals surface area (Å²) in [6.45, 7) is 2.30. The molecule has 2 aromatic rings. The van der Waals surface area contributed by atoms with Gasteiger partial charge in [0.05, 0.1) is 0 Å². The van der Waals surface area contributed by atoms with Crippen LogP contribution in [0.5, 0.6) is 0 Å². The fourth-order valence-corrected chi connectivity index (χ4v) is 5.90. The number of hydrogen-bond acceptors (Lipinski definition) is 6. The highest BCUT2D eigenvalue weighted by atomic mass is 35.5. The van der Waals surface area contributed by atoms with Crippen molar-refractivity contribution >= 4 is 49.4 Å². The van der Waals surface area contributed by atoms with E-state index < -0.39 is 10.0 Å². The zero-order chi connectivity index (χ0) is 14.9. The molecule has 0 N–H and O–H groups in total. The van der Waals surface area contributed by atoms with Crippen molar-refractivity contribution in [1.82, 2.24) is 9.29 Å². The minimum atomic E-state index is -3.39. The first kappa shape index (κ1) is 15.2. The van der Waals surface area contributed by atoms with Gasteiger partial charge in [0.25, 0.3) is 10.0 Å². The Labute approximate surface area is 136 Å². The molecule has 0 saturated carbocycles. The summed E-state index contributed by atoms with van der Waals surface area (Å²) in [5.74, 6) is 0.337. The van der Waals surface area contributed by atoms with Gasteiger partial charge in [-0.3, -0.25) is 0 Å². The second kappa shape index (κ2) is 6.21. The fraction of sp³-hybridized carbons (Fsp3) is 0.417. The molecular weight excluding hydrogens is 350 g/mol. The summed E-state index contributed by atoms with van der Waals surface area (Å²) >= 11 is 8.55. The number of halogens is 1. The third kappa shape index (κ3) is 3.09. The molecule has 0 atom stereocenters. The van der Waals surface area contributed by atoms with Crippen molar-refractivity contribution in [1.29, 1.82) is 0 Å². The molecule has 5 nitrogen and oxygen atoms in total. The highest BCUT2D eigenvalue weighted by molar-refractivity contribution is 7.91. The Morgan fingerprint density at radius 1 is 1.24 bits per heavy atom. The molecule has 21 heavy (non-hydrogen) atoms. The van der Waals surface area contributed by atoms with Gasteiger partial charge in [-0.2, -0.15) is 4.31 Å². The van der Waals surface area contributed by atoms with Crippen LogP contribution in [0.25, 0.3) is 0 Å². The molecule has 3 heterocycles. The number of aromatic nitrogens is 1. The summed E-state index contributed by atoms with van der Waals surface area (Å²) < 4.78 is 27.1. The number of thiazole rings is 1. The monoisotopic (exact) mass is 363 g/mol. The van der Waals surface area contributed by atoms with Crippen LogP contribution in [0.2, 0.25) is 0 Å². The van der Waals surface area contributed by atoms with Crippen LogP contribution in [0, 0.1) is 0 Å². The molecule has 0 amide bonds. The van der Waals surface area contributed by atoms with Crippen LogP contribution >= 0.6 is 34.3 Å². The van der Waals surface area contributed by atoms with Crippen LogP contribution in [0.15, 0.2) is 27.2 Å². The standard InChI is InChI=1S/C12H14ClN3O2S3/c13-8-10-7-11(20-9-10)21(17,18)16-4-2-15(3-5-16)12-14-1-6-19-12/h1,6-7,9H,2-5,8H2. The van der Waals surface area contributed by atoms with Gasteiger partial charge in [0.2, 0.25) is 0 Å². The van der Waals surface area contributed by atoms with Crippen molar-refractivity contribution in [2.45, 2.75) is 10.1 Å². The van der Waals surface area contributed by atoms with Gasteiger partial charge in [-0.25, -0.2) is 13.4 Å². The maximum atomic E-state index is 12.6. The third-order valence-electron chi connectivity index (χ3n) is 3.31. The van der Waals surface area contributed by atoms with Crippen LogP contribution in [-0.4, -0.2) is 43.9 Å². The largest absolute Gasteiger partial charge is 0.345 e. The number of hydrogen-bond donors (Lipinski definition) is 0. The number of piperazine rings is 1.